The van der Waals surface area contributed by atoms with Crippen molar-refractivity contribution in [2.45, 2.75) is 25.4 Å². The van der Waals surface area contributed by atoms with E-state index in [0.29, 0.717) is 10.6 Å². The summed E-state index contributed by atoms with van der Waals surface area (Å²) < 4.78 is 10.7. The van der Waals surface area contributed by atoms with E-state index in [0.717, 1.165) is 12.8 Å². The predicted octanol–water partition coefficient (Wildman–Crippen LogP) is 4.11. The van der Waals surface area contributed by atoms with Gasteiger partial charge < -0.3 is 14.1 Å². The Bertz CT molecular complexity index is 1110. The first-order chi connectivity index (χ1) is 14.5. The minimum absolute atomic E-state index is 0.0225. The number of nitro benzene ring substituents is 1. The van der Waals surface area contributed by atoms with Crippen molar-refractivity contribution in [3.05, 3.63) is 69.1 Å². The van der Waals surface area contributed by atoms with Crippen LogP contribution >= 0.6 is 11.6 Å². The van der Waals surface area contributed by atoms with Gasteiger partial charge in [-0.2, -0.15) is 0 Å². The van der Waals surface area contributed by atoms with Gasteiger partial charge in [0.05, 0.1) is 29.2 Å². The topological polar surface area (TPSA) is 112 Å². The van der Waals surface area contributed by atoms with Crippen LogP contribution in [-0.2, 0) is 6.54 Å². The highest BCUT2D eigenvalue weighted by Gasteiger charge is 2.35. The van der Waals surface area contributed by atoms with Crippen LogP contribution < -0.4 is 4.74 Å². The molecule has 0 saturated heterocycles. The van der Waals surface area contributed by atoms with E-state index in [1.807, 2.05) is 6.07 Å². The summed E-state index contributed by atoms with van der Waals surface area (Å²) in [5.41, 5.74) is 0.533. The maximum Gasteiger partial charge on any atom is 0.311 e. The highest BCUT2D eigenvalue weighted by molar-refractivity contribution is 6.33. The third-order valence-corrected chi connectivity index (χ3v) is 5.08. The van der Waals surface area contributed by atoms with Crippen molar-refractivity contribution in [3.63, 3.8) is 0 Å². The largest absolute Gasteiger partial charge is 0.490 e. The molecule has 0 radical (unpaired) electrons. The Balaban J connectivity index is 1.58. The molecular weight excluding hydrogens is 412 g/mol. The molecule has 0 N–H and O–H groups in total. The molecule has 1 aromatic heterocycles. The van der Waals surface area contributed by atoms with Gasteiger partial charge in [0.25, 0.3) is 5.91 Å². The van der Waals surface area contributed by atoms with Crippen molar-refractivity contribution < 1.29 is 18.9 Å². The predicted molar refractivity (Wildman–Crippen MR) is 107 cm³/mol. The van der Waals surface area contributed by atoms with E-state index in [1.54, 1.807) is 23.1 Å². The second-order valence-corrected chi connectivity index (χ2v) is 7.20. The maximum atomic E-state index is 13.1. The van der Waals surface area contributed by atoms with E-state index in [2.05, 4.69) is 10.2 Å². The fraction of sp³-hybridized carbons (Fsp3) is 0.250. The van der Waals surface area contributed by atoms with Gasteiger partial charge in [0.15, 0.2) is 5.75 Å². The standard InChI is InChI=1S/C20H17ClN4O5/c1-29-17-9-6-12(10-16(17)25(27)28)20(26)24(13-7-8-13)11-18-22-23-19(30-18)14-4-2-3-5-15(14)21/h2-6,9-10,13H,7-8,11H2,1H3. The van der Waals surface area contributed by atoms with E-state index in [4.69, 9.17) is 20.8 Å². The zero-order chi connectivity index (χ0) is 21.3. The quantitative estimate of drug-likeness (QED) is 0.411. The summed E-state index contributed by atoms with van der Waals surface area (Å²) in [5, 5.41) is 19.8. The number of methoxy groups -OCH3 is 1. The van der Waals surface area contributed by atoms with Crippen LogP contribution in [0.1, 0.15) is 29.1 Å². The van der Waals surface area contributed by atoms with Crippen molar-refractivity contribution in [2.75, 3.05) is 7.11 Å². The van der Waals surface area contributed by atoms with Crippen LogP contribution in [0.3, 0.4) is 0 Å². The van der Waals surface area contributed by atoms with E-state index in [9.17, 15) is 14.9 Å². The van der Waals surface area contributed by atoms with Gasteiger partial charge in [0.1, 0.15) is 0 Å². The molecule has 1 heterocycles. The van der Waals surface area contributed by atoms with Crippen LogP contribution in [-0.4, -0.2) is 39.1 Å². The summed E-state index contributed by atoms with van der Waals surface area (Å²) in [4.78, 5) is 25.4. The fourth-order valence-corrected chi connectivity index (χ4v) is 3.31. The summed E-state index contributed by atoms with van der Waals surface area (Å²) in [7, 11) is 1.34. The molecule has 3 aromatic rings. The van der Waals surface area contributed by atoms with Gasteiger partial charge in [0, 0.05) is 17.7 Å². The monoisotopic (exact) mass is 428 g/mol. The Labute approximate surface area is 176 Å². The van der Waals surface area contributed by atoms with Crippen molar-refractivity contribution in [3.8, 4) is 17.2 Å². The molecule has 1 aliphatic carbocycles. The third kappa shape index (κ3) is 3.97. The molecule has 10 heteroatoms. The summed E-state index contributed by atoms with van der Waals surface area (Å²) in [6.07, 6.45) is 1.69. The lowest BCUT2D eigenvalue weighted by Crippen LogP contribution is -2.32. The highest BCUT2D eigenvalue weighted by atomic mass is 35.5. The average molecular weight is 429 g/mol. The number of amides is 1. The number of hydrogen-bond donors (Lipinski definition) is 0. The molecule has 2 aromatic carbocycles. The number of hydrogen-bond acceptors (Lipinski definition) is 7. The van der Waals surface area contributed by atoms with Crippen molar-refractivity contribution in [1.29, 1.82) is 0 Å². The molecular formula is C20H17ClN4O5. The van der Waals surface area contributed by atoms with Crippen molar-refractivity contribution >= 4 is 23.2 Å². The number of halogens is 1. The number of benzene rings is 2. The van der Waals surface area contributed by atoms with Gasteiger partial charge in [-0.1, -0.05) is 23.7 Å². The molecule has 0 spiro atoms. The van der Waals surface area contributed by atoms with E-state index >= 15 is 0 Å². The lowest BCUT2D eigenvalue weighted by molar-refractivity contribution is -0.385. The van der Waals surface area contributed by atoms with Gasteiger partial charge in [-0.15, -0.1) is 10.2 Å². The number of nitro groups is 1. The van der Waals surface area contributed by atoms with Crippen LogP contribution in [0.4, 0.5) is 5.69 Å². The minimum Gasteiger partial charge on any atom is -0.490 e. The Morgan fingerprint density at radius 3 is 2.73 bits per heavy atom. The Hall–Kier alpha value is -3.46. The minimum atomic E-state index is -0.578. The summed E-state index contributed by atoms with van der Waals surface area (Å²) in [6, 6.07) is 11.3. The molecule has 4 rings (SSSR count). The van der Waals surface area contributed by atoms with Gasteiger partial charge in [-0.05, 0) is 37.1 Å². The summed E-state index contributed by atoms with van der Waals surface area (Å²) in [6.45, 7) is 0.0980. The molecule has 1 amide bonds. The molecule has 0 atom stereocenters. The molecule has 30 heavy (non-hydrogen) atoms. The molecule has 0 aliphatic heterocycles. The second kappa shape index (κ2) is 8.11. The fourth-order valence-electron chi connectivity index (χ4n) is 3.09. The lowest BCUT2D eigenvalue weighted by atomic mass is 10.1. The Morgan fingerprint density at radius 2 is 2.07 bits per heavy atom. The normalized spacial score (nSPS) is 13.1. The van der Waals surface area contributed by atoms with Crippen LogP contribution in [0.5, 0.6) is 5.75 Å². The Morgan fingerprint density at radius 1 is 1.30 bits per heavy atom. The molecule has 0 bridgehead atoms. The molecule has 154 valence electrons. The maximum absolute atomic E-state index is 13.1. The van der Waals surface area contributed by atoms with Crippen molar-refractivity contribution in [1.82, 2.24) is 15.1 Å². The molecule has 1 aliphatic rings. The Kier molecular flexibility index (Phi) is 5.37. The highest BCUT2D eigenvalue weighted by Crippen LogP contribution is 2.33. The lowest BCUT2D eigenvalue weighted by Gasteiger charge is -2.20. The zero-order valence-electron chi connectivity index (χ0n) is 15.9. The van der Waals surface area contributed by atoms with Crippen LogP contribution in [0, 0.1) is 10.1 Å². The number of ether oxygens (including phenoxy) is 1. The summed E-state index contributed by atoms with van der Waals surface area (Å²) in [5.74, 6) is 0.267. The molecule has 1 fully saturated rings. The number of aromatic nitrogens is 2. The van der Waals surface area contributed by atoms with Gasteiger partial charge in [-0.3, -0.25) is 14.9 Å². The average Bonchev–Trinajstić information content (AvgIpc) is 3.49. The van der Waals surface area contributed by atoms with Gasteiger partial charge in [0.2, 0.25) is 11.8 Å². The van der Waals surface area contributed by atoms with Crippen LogP contribution in [0.15, 0.2) is 46.9 Å². The number of carbonyl (C=O) groups is 1. The third-order valence-electron chi connectivity index (χ3n) is 4.75. The van der Waals surface area contributed by atoms with Crippen molar-refractivity contribution in [2.24, 2.45) is 0 Å². The van der Waals surface area contributed by atoms with Gasteiger partial charge in [-0.25, -0.2) is 0 Å². The first-order valence-electron chi connectivity index (χ1n) is 9.18. The van der Waals surface area contributed by atoms with Gasteiger partial charge >= 0.3 is 5.69 Å². The van der Waals surface area contributed by atoms with Crippen LogP contribution in [0.2, 0.25) is 5.02 Å². The molecule has 1 saturated carbocycles. The summed E-state index contributed by atoms with van der Waals surface area (Å²) >= 11 is 6.17. The second-order valence-electron chi connectivity index (χ2n) is 6.79. The first-order valence-corrected chi connectivity index (χ1v) is 9.56. The van der Waals surface area contributed by atoms with Crippen LogP contribution in [0.25, 0.3) is 11.5 Å². The number of carbonyl (C=O) groups excluding carboxylic acids is 1. The molecule has 0 unspecified atom stereocenters. The first kappa shape index (κ1) is 19.8. The molecule has 9 nitrogen and oxygen atoms in total. The number of rotatable bonds is 7. The van der Waals surface area contributed by atoms with E-state index in [-0.39, 0.29) is 47.3 Å². The smallest absolute Gasteiger partial charge is 0.311 e. The zero-order valence-corrected chi connectivity index (χ0v) is 16.7. The van der Waals surface area contributed by atoms with E-state index < -0.39 is 4.92 Å². The SMILES string of the molecule is COc1ccc(C(=O)N(Cc2nnc(-c3ccccc3Cl)o2)C2CC2)cc1[N+](=O)[O-]. The number of nitrogens with zero attached hydrogens (tertiary/aromatic N) is 4. The van der Waals surface area contributed by atoms with E-state index in [1.165, 1.54) is 25.3 Å².